The number of rotatable bonds is 7. The number of benzene rings is 1. The van der Waals surface area contributed by atoms with Crippen molar-refractivity contribution in [2.75, 3.05) is 19.5 Å². The molecule has 0 unspecified atom stereocenters. The van der Waals surface area contributed by atoms with Crippen LogP contribution in [0.1, 0.15) is 26.5 Å². The average molecular weight is 440 g/mol. The summed E-state index contributed by atoms with van der Waals surface area (Å²) >= 11 is 2.91. The molecule has 3 aromatic heterocycles. The van der Waals surface area contributed by atoms with Gasteiger partial charge < -0.3 is 15.0 Å². The SMILES string of the molecule is COc1ccccc1CNc1ncnc2sc(C(=O)N(C)Cc3cscn3)c(C)c12. The summed E-state index contributed by atoms with van der Waals surface area (Å²) in [6, 6.07) is 7.85. The van der Waals surface area contributed by atoms with Crippen molar-refractivity contribution in [1.29, 1.82) is 0 Å². The molecule has 3 heterocycles. The number of para-hydroxylation sites is 1. The predicted octanol–water partition coefficient (Wildman–Crippen LogP) is 4.35. The molecule has 0 aliphatic carbocycles. The number of anilines is 1. The summed E-state index contributed by atoms with van der Waals surface area (Å²) in [5.41, 5.74) is 4.56. The number of carbonyl (C=O) groups is 1. The number of amides is 1. The van der Waals surface area contributed by atoms with E-state index in [0.717, 1.165) is 32.8 Å². The lowest BCUT2D eigenvalue weighted by Gasteiger charge is -2.15. The number of aromatic nitrogens is 3. The van der Waals surface area contributed by atoms with Crippen molar-refractivity contribution in [3.05, 3.63) is 63.2 Å². The molecule has 0 saturated heterocycles. The molecule has 0 spiro atoms. The van der Waals surface area contributed by atoms with Crippen molar-refractivity contribution in [3.8, 4) is 5.75 Å². The van der Waals surface area contributed by atoms with Crippen molar-refractivity contribution in [2.45, 2.75) is 20.0 Å². The molecule has 30 heavy (non-hydrogen) atoms. The van der Waals surface area contributed by atoms with Gasteiger partial charge in [0.25, 0.3) is 5.91 Å². The lowest BCUT2D eigenvalue weighted by Crippen LogP contribution is -2.26. The topological polar surface area (TPSA) is 80.2 Å². The first-order valence-electron chi connectivity index (χ1n) is 9.31. The summed E-state index contributed by atoms with van der Waals surface area (Å²) in [6.07, 6.45) is 1.52. The first-order chi connectivity index (χ1) is 14.6. The minimum Gasteiger partial charge on any atom is -0.496 e. The Labute approximate surface area is 182 Å². The third kappa shape index (κ3) is 3.99. The Kier molecular flexibility index (Phi) is 5.91. The normalized spacial score (nSPS) is 10.9. The Morgan fingerprint density at radius 1 is 1.23 bits per heavy atom. The molecule has 0 aliphatic heterocycles. The summed E-state index contributed by atoms with van der Waals surface area (Å²) in [4.78, 5) is 29.3. The van der Waals surface area contributed by atoms with Crippen LogP contribution >= 0.6 is 22.7 Å². The van der Waals surface area contributed by atoms with Crippen molar-refractivity contribution in [1.82, 2.24) is 19.9 Å². The van der Waals surface area contributed by atoms with E-state index >= 15 is 0 Å². The number of fused-ring (bicyclic) bond motifs is 1. The Morgan fingerprint density at radius 2 is 2.07 bits per heavy atom. The lowest BCUT2D eigenvalue weighted by atomic mass is 10.1. The van der Waals surface area contributed by atoms with E-state index in [1.165, 1.54) is 29.0 Å². The van der Waals surface area contributed by atoms with Crippen molar-refractivity contribution in [3.63, 3.8) is 0 Å². The van der Waals surface area contributed by atoms with Crippen LogP contribution in [0.4, 0.5) is 5.82 Å². The second-order valence-electron chi connectivity index (χ2n) is 6.77. The third-order valence-corrected chi connectivity index (χ3v) is 6.61. The molecular weight excluding hydrogens is 418 g/mol. The largest absolute Gasteiger partial charge is 0.496 e. The van der Waals surface area contributed by atoms with E-state index in [1.807, 2.05) is 36.6 Å². The molecule has 0 saturated carbocycles. The number of aryl methyl sites for hydroxylation is 1. The second kappa shape index (κ2) is 8.76. The number of nitrogens with zero attached hydrogens (tertiary/aromatic N) is 4. The molecule has 0 fully saturated rings. The molecule has 7 nitrogen and oxygen atoms in total. The second-order valence-corrected chi connectivity index (χ2v) is 8.48. The number of thiazole rings is 1. The fourth-order valence-electron chi connectivity index (χ4n) is 3.24. The molecule has 9 heteroatoms. The van der Waals surface area contributed by atoms with Crippen LogP contribution in [-0.4, -0.2) is 39.9 Å². The molecule has 4 aromatic rings. The fraction of sp³-hybridized carbons (Fsp3) is 0.238. The summed E-state index contributed by atoms with van der Waals surface area (Å²) in [6.45, 7) is 2.97. The zero-order valence-corrected chi connectivity index (χ0v) is 18.5. The highest BCUT2D eigenvalue weighted by atomic mass is 32.1. The molecule has 1 N–H and O–H groups in total. The summed E-state index contributed by atoms with van der Waals surface area (Å²) in [5.74, 6) is 1.48. The van der Waals surface area contributed by atoms with Crippen LogP contribution in [0.15, 0.2) is 41.5 Å². The van der Waals surface area contributed by atoms with Crippen molar-refractivity contribution >= 4 is 44.6 Å². The predicted molar refractivity (Wildman–Crippen MR) is 120 cm³/mol. The van der Waals surface area contributed by atoms with Gasteiger partial charge in [-0.3, -0.25) is 4.79 Å². The summed E-state index contributed by atoms with van der Waals surface area (Å²) in [7, 11) is 3.45. The van der Waals surface area contributed by atoms with Gasteiger partial charge in [0, 0.05) is 24.5 Å². The number of nitrogens with one attached hydrogen (secondary N) is 1. The van der Waals surface area contributed by atoms with Gasteiger partial charge in [-0.1, -0.05) is 18.2 Å². The quantitative estimate of drug-likeness (QED) is 0.461. The maximum atomic E-state index is 13.1. The molecule has 0 aliphatic rings. The van der Waals surface area contributed by atoms with E-state index in [9.17, 15) is 4.79 Å². The van der Waals surface area contributed by atoms with Gasteiger partial charge in [0.1, 0.15) is 22.7 Å². The first kappa shape index (κ1) is 20.2. The van der Waals surface area contributed by atoms with E-state index in [1.54, 1.807) is 24.6 Å². The summed E-state index contributed by atoms with van der Waals surface area (Å²) in [5, 5.41) is 6.21. The van der Waals surface area contributed by atoms with Crippen LogP contribution in [0.2, 0.25) is 0 Å². The maximum absolute atomic E-state index is 13.1. The maximum Gasteiger partial charge on any atom is 0.264 e. The van der Waals surface area contributed by atoms with Crippen LogP contribution in [0.5, 0.6) is 5.75 Å². The number of hydrogen-bond donors (Lipinski definition) is 1. The molecule has 154 valence electrons. The molecule has 0 bridgehead atoms. The van der Waals surface area contributed by atoms with Gasteiger partial charge in [-0.25, -0.2) is 15.0 Å². The highest BCUT2D eigenvalue weighted by Crippen LogP contribution is 2.34. The van der Waals surface area contributed by atoms with E-state index in [-0.39, 0.29) is 5.91 Å². The highest BCUT2D eigenvalue weighted by molar-refractivity contribution is 7.20. The minimum atomic E-state index is -0.0424. The molecular formula is C21H21N5O2S2. The van der Waals surface area contributed by atoms with Crippen molar-refractivity contribution < 1.29 is 9.53 Å². The minimum absolute atomic E-state index is 0.0424. The molecule has 4 rings (SSSR count). The number of ether oxygens (including phenoxy) is 1. The standard InChI is InChI=1S/C21H21N5O2S2/c1-13-17-19(22-8-14-6-4-5-7-16(14)28-3)23-11-24-20(17)30-18(13)21(27)26(2)9-15-10-29-12-25-15/h4-7,10-12H,8-9H2,1-3H3,(H,22,23,24). The number of carbonyl (C=O) groups excluding carboxylic acids is 1. The van der Waals surface area contributed by atoms with E-state index < -0.39 is 0 Å². The Morgan fingerprint density at radius 3 is 2.83 bits per heavy atom. The summed E-state index contributed by atoms with van der Waals surface area (Å²) < 4.78 is 5.42. The number of thiophene rings is 1. The van der Waals surface area contributed by atoms with Gasteiger partial charge in [-0.2, -0.15) is 0 Å². The number of hydrogen-bond acceptors (Lipinski definition) is 8. The van der Waals surface area contributed by atoms with Gasteiger partial charge in [-0.05, 0) is 18.6 Å². The van der Waals surface area contributed by atoms with Gasteiger partial charge in [-0.15, -0.1) is 22.7 Å². The van der Waals surface area contributed by atoms with Crippen LogP contribution in [0, 0.1) is 6.92 Å². The van der Waals surface area contributed by atoms with E-state index in [0.29, 0.717) is 23.8 Å². The van der Waals surface area contributed by atoms with Crippen LogP contribution in [0.3, 0.4) is 0 Å². The molecule has 1 aromatic carbocycles. The van der Waals surface area contributed by atoms with Crippen molar-refractivity contribution in [2.24, 2.45) is 0 Å². The third-order valence-electron chi connectivity index (χ3n) is 4.79. The molecule has 1 amide bonds. The lowest BCUT2D eigenvalue weighted by molar-refractivity contribution is 0.0788. The highest BCUT2D eigenvalue weighted by Gasteiger charge is 2.22. The zero-order chi connectivity index (χ0) is 21.1. The smallest absolute Gasteiger partial charge is 0.264 e. The number of methoxy groups -OCH3 is 1. The van der Waals surface area contributed by atoms with E-state index in [4.69, 9.17) is 4.74 Å². The van der Waals surface area contributed by atoms with Gasteiger partial charge in [0.2, 0.25) is 0 Å². The monoisotopic (exact) mass is 439 g/mol. The molecule has 0 atom stereocenters. The van der Waals surface area contributed by atoms with Crippen LogP contribution < -0.4 is 10.1 Å². The Balaban J connectivity index is 1.60. The van der Waals surface area contributed by atoms with Gasteiger partial charge in [0.15, 0.2) is 0 Å². The van der Waals surface area contributed by atoms with Gasteiger partial charge in [0.05, 0.1) is 35.1 Å². The van der Waals surface area contributed by atoms with Crippen LogP contribution in [-0.2, 0) is 13.1 Å². The zero-order valence-electron chi connectivity index (χ0n) is 16.9. The Hall–Kier alpha value is -3.04. The fourth-order valence-corrected chi connectivity index (χ4v) is 4.93. The first-order valence-corrected chi connectivity index (χ1v) is 11.1. The molecule has 0 radical (unpaired) electrons. The Bertz CT molecular complexity index is 1170. The van der Waals surface area contributed by atoms with E-state index in [2.05, 4.69) is 20.3 Å². The average Bonchev–Trinajstić information content (AvgIpc) is 3.40. The van der Waals surface area contributed by atoms with Gasteiger partial charge >= 0.3 is 0 Å². The van der Waals surface area contributed by atoms with Crippen LogP contribution in [0.25, 0.3) is 10.2 Å².